The normalized spacial score (nSPS) is 18.3. The van der Waals surface area contributed by atoms with E-state index < -0.39 is 0 Å². The van der Waals surface area contributed by atoms with E-state index in [1.807, 2.05) is 42.5 Å². The van der Waals surface area contributed by atoms with E-state index >= 15 is 0 Å². The average molecular weight is 338 g/mol. The van der Waals surface area contributed by atoms with Crippen molar-refractivity contribution in [2.75, 3.05) is 19.5 Å². The molecule has 2 unspecified atom stereocenters. The number of hydrogen-bond donors (Lipinski definition) is 1. The van der Waals surface area contributed by atoms with Crippen LogP contribution in [0.5, 0.6) is 5.75 Å². The topological polar surface area (TPSA) is 58.6 Å². The summed E-state index contributed by atoms with van der Waals surface area (Å²) in [6.45, 7) is 0.553. The molecule has 2 aromatic rings. The average Bonchev–Trinajstić information content (AvgIpc) is 3.43. The molecule has 25 heavy (non-hydrogen) atoms. The molecule has 1 aliphatic carbocycles. The predicted molar refractivity (Wildman–Crippen MR) is 96.1 cm³/mol. The van der Waals surface area contributed by atoms with Gasteiger partial charge in [0.25, 0.3) is 0 Å². The van der Waals surface area contributed by atoms with Gasteiger partial charge in [0, 0.05) is 13.6 Å². The first kappa shape index (κ1) is 17.0. The summed E-state index contributed by atoms with van der Waals surface area (Å²) >= 11 is 0. The lowest BCUT2D eigenvalue weighted by Gasteiger charge is -2.17. The standard InChI is InChI=1S/C20H22N2O3/c1-22(13-14-8-4-3-5-9-14)20(24)16-12-15(16)19(23)21-17-10-6-7-11-18(17)25-2/h3-11,15-16H,12-13H2,1-2H3,(H,21,23). The molecular formula is C20H22N2O3. The number of hydrogen-bond acceptors (Lipinski definition) is 3. The van der Waals surface area contributed by atoms with Crippen LogP contribution in [0.25, 0.3) is 0 Å². The lowest BCUT2D eigenvalue weighted by atomic mass is 10.2. The summed E-state index contributed by atoms with van der Waals surface area (Å²) in [6, 6.07) is 17.1. The van der Waals surface area contributed by atoms with Crippen LogP contribution in [0.3, 0.4) is 0 Å². The van der Waals surface area contributed by atoms with Gasteiger partial charge in [0.05, 0.1) is 24.6 Å². The van der Waals surface area contributed by atoms with Crippen molar-refractivity contribution in [3.63, 3.8) is 0 Å². The summed E-state index contributed by atoms with van der Waals surface area (Å²) in [5, 5.41) is 2.86. The largest absolute Gasteiger partial charge is 0.495 e. The highest BCUT2D eigenvalue weighted by molar-refractivity contribution is 6.00. The van der Waals surface area contributed by atoms with Crippen LogP contribution in [0.4, 0.5) is 5.69 Å². The molecule has 1 fully saturated rings. The summed E-state index contributed by atoms with van der Waals surface area (Å²) in [5.41, 5.74) is 1.71. The molecule has 2 aromatic carbocycles. The fourth-order valence-electron chi connectivity index (χ4n) is 2.95. The quantitative estimate of drug-likeness (QED) is 0.881. The lowest BCUT2D eigenvalue weighted by Crippen LogP contribution is -2.29. The molecule has 130 valence electrons. The lowest BCUT2D eigenvalue weighted by molar-refractivity contribution is -0.133. The Morgan fingerprint density at radius 3 is 2.48 bits per heavy atom. The number of rotatable bonds is 6. The highest BCUT2D eigenvalue weighted by Crippen LogP contribution is 2.41. The third-order valence-corrected chi connectivity index (χ3v) is 4.45. The number of carbonyl (C=O) groups is 2. The summed E-state index contributed by atoms with van der Waals surface area (Å²) in [5.74, 6) is -0.000354. The minimum absolute atomic E-state index is 0.0176. The van der Waals surface area contributed by atoms with Crippen LogP contribution in [0, 0.1) is 11.8 Å². The number of ether oxygens (including phenoxy) is 1. The van der Waals surface area contributed by atoms with Crippen LogP contribution in [-0.4, -0.2) is 30.9 Å². The summed E-state index contributed by atoms with van der Waals surface area (Å²) < 4.78 is 5.24. The Labute approximate surface area is 147 Å². The van der Waals surface area contributed by atoms with Gasteiger partial charge in [-0.15, -0.1) is 0 Å². The number of nitrogens with zero attached hydrogens (tertiary/aromatic N) is 1. The maximum atomic E-state index is 12.5. The molecule has 0 aromatic heterocycles. The van der Waals surface area contributed by atoms with E-state index in [1.54, 1.807) is 31.2 Å². The molecule has 1 aliphatic rings. The molecule has 2 amide bonds. The molecule has 2 atom stereocenters. The minimum Gasteiger partial charge on any atom is -0.495 e. The van der Waals surface area contributed by atoms with E-state index in [-0.39, 0.29) is 23.7 Å². The Bertz CT molecular complexity index is 761. The van der Waals surface area contributed by atoms with E-state index in [0.29, 0.717) is 24.4 Å². The molecule has 3 rings (SSSR count). The number of amides is 2. The zero-order chi connectivity index (χ0) is 17.8. The molecule has 1 N–H and O–H groups in total. The second-order valence-corrected chi connectivity index (χ2v) is 6.32. The molecule has 0 saturated heterocycles. The van der Waals surface area contributed by atoms with E-state index in [0.717, 1.165) is 5.56 Å². The van der Waals surface area contributed by atoms with Crippen LogP contribution in [0.2, 0.25) is 0 Å². The second-order valence-electron chi connectivity index (χ2n) is 6.32. The summed E-state index contributed by atoms with van der Waals surface area (Å²) in [4.78, 5) is 26.6. The van der Waals surface area contributed by atoms with Gasteiger partial charge >= 0.3 is 0 Å². The Hall–Kier alpha value is -2.82. The monoisotopic (exact) mass is 338 g/mol. The maximum Gasteiger partial charge on any atom is 0.228 e. The molecule has 0 bridgehead atoms. The minimum atomic E-state index is -0.268. The predicted octanol–water partition coefficient (Wildman–Crippen LogP) is 2.93. The first-order valence-electron chi connectivity index (χ1n) is 8.33. The molecule has 0 spiro atoms. The van der Waals surface area contributed by atoms with Gasteiger partial charge in [-0.3, -0.25) is 9.59 Å². The van der Waals surface area contributed by atoms with E-state index in [4.69, 9.17) is 4.74 Å². The fourth-order valence-corrected chi connectivity index (χ4v) is 2.95. The number of para-hydroxylation sites is 2. The number of nitrogens with one attached hydrogen (secondary N) is 1. The smallest absolute Gasteiger partial charge is 0.228 e. The Balaban J connectivity index is 1.56. The molecule has 5 nitrogen and oxygen atoms in total. The first-order chi connectivity index (χ1) is 12.1. The van der Waals surface area contributed by atoms with Gasteiger partial charge in [0.1, 0.15) is 5.75 Å². The third kappa shape index (κ3) is 3.99. The molecule has 1 saturated carbocycles. The van der Waals surface area contributed by atoms with Crippen molar-refractivity contribution in [2.45, 2.75) is 13.0 Å². The van der Waals surface area contributed by atoms with Crippen molar-refractivity contribution in [1.82, 2.24) is 4.90 Å². The Morgan fingerprint density at radius 2 is 1.76 bits per heavy atom. The fraction of sp³-hybridized carbons (Fsp3) is 0.300. The van der Waals surface area contributed by atoms with Crippen molar-refractivity contribution in [3.05, 3.63) is 60.2 Å². The number of benzene rings is 2. The van der Waals surface area contributed by atoms with Gasteiger partial charge < -0.3 is 15.0 Å². The van der Waals surface area contributed by atoms with Crippen LogP contribution < -0.4 is 10.1 Å². The van der Waals surface area contributed by atoms with Crippen molar-refractivity contribution in [2.24, 2.45) is 11.8 Å². The first-order valence-corrected chi connectivity index (χ1v) is 8.33. The highest BCUT2D eigenvalue weighted by Gasteiger charge is 2.49. The van der Waals surface area contributed by atoms with Crippen LogP contribution in [0.15, 0.2) is 54.6 Å². The Morgan fingerprint density at radius 1 is 1.08 bits per heavy atom. The van der Waals surface area contributed by atoms with E-state index in [1.165, 1.54) is 0 Å². The summed E-state index contributed by atoms with van der Waals surface area (Å²) in [6.07, 6.45) is 0.596. The maximum absolute atomic E-state index is 12.5. The number of methoxy groups -OCH3 is 1. The van der Waals surface area contributed by atoms with Crippen LogP contribution in [0.1, 0.15) is 12.0 Å². The van der Waals surface area contributed by atoms with Gasteiger partial charge in [0.2, 0.25) is 11.8 Å². The van der Waals surface area contributed by atoms with Crippen LogP contribution in [-0.2, 0) is 16.1 Å². The van der Waals surface area contributed by atoms with Gasteiger partial charge in [-0.1, -0.05) is 42.5 Å². The van der Waals surface area contributed by atoms with E-state index in [9.17, 15) is 9.59 Å². The van der Waals surface area contributed by atoms with Crippen LogP contribution >= 0.6 is 0 Å². The van der Waals surface area contributed by atoms with Gasteiger partial charge in [-0.05, 0) is 24.1 Å². The van der Waals surface area contributed by atoms with Crippen molar-refractivity contribution in [3.8, 4) is 5.75 Å². The molecule has 0 heterocycles. The summed E-state index contributed by atoms with van der Waals surface area (Å²) in [7, 11) is 3.34. The number of carbonyl (C=O) groups excluding carboxylic acids is 2. The third-order valence-electron chi connectivity index (χ3n) is 4.45. The van der Waals surface area contributed by atoms with Gasteiger partial charge in [0.15, 0.2) is 0 Å². The SMILES string of the molecule is COc1ccccc1NC(=O)C1CC1C(=O)N(C)Cc1ccccc1. The number of anilines is 1. The Kier molecular flexibility index (Phi) is 5.03. The zero-order valence-electron chi connectivity index (χ0n) is 14.4. The highest BCUT2D eigenvalue weighted by atomic mass is 16.5. The molecule has 0 radical (unpaired) electrons. The molecule has 5 heteroatoms. The van der Waals surface area contributed by atoms with Crippen molar-refractivity contribution in [1.29, 1.82) is 0 Å². The van der Waals surface area contributed by atoms with Gasteiger partial charge in [-0.2, -0.15) is 0 Å². The zero-order valence-corrected chi connectivity index (χ0v) is 14.4. The molecule has 0 aliphatic heterocycles. The molecular weight excluding hydrogens is 316 g/mol. The van der Waals surface area contributed by atoms with E-state index in [2.05, 4.69) is 5.32 Å². The van der Waals surface area contributed by atoms with Crippen molar-refractivity contribution < 1.29 is 14.3 Å². The second kappa shape index (κ2) is 7.38. The van der Waals surface area contributed by atoms with Crippen molar-refractivity contribution >= 4 is 17.5 Å². The van der Waals surface area contributed by atoms with Gasteiger partial charge in [-0.25, -0.2) is 0 Å².